The van der Waals surface area contributed by atoms with Gasteiger partial charge in [0.2, 0.25) is 0 Å². The second-order valence-corrected chi connectivity index (χ2v) is 7.80. The third kappa shape index (κ3) is 5.26. The molecule has 0 bridgehead atoms. The lowest BCUT2D eigenvalue weighted by Crippen LogP contribution is -2.44. The zero-order valence-corrected chi connectivity index (χ0v) is 17.0. The zero-order chi connectivity index (χ0) is 20.9. The highest BCUT2D eigenvalue weighted by Gasteiger charge is 2.25. The van der Waals surface area contributed by atoms with Crippen molar-refractivity contribution in [3.05, 3.63) is 66.2 Å². The van der Waals surface area contributed by atoms with Gasteiger partial charge in [0, 0.05) is 6.07 Å². The molecule has 0 aliphatic carbocycles. The molecular weight excluding hydrogens is 366 g/mol. The van der Waals surface area contributed by atoms with Crippen molar-refractivity contribution in [2.75, 3.05) is 19.8 Å². The van der Waals surface area contributed by atoms with Crippen molar-refractivity contribution in [3.63, 3.8) is 0 Å². The van der Waals surface area contributed by atoms with Gasteiger partial charge in [-0.25, -0.2) is 0 Å². The average molecular weight is 395 g/mol. The topological polar surface area (TPSA) is 84.9 Å². The summed E-state index contributed by atoms with van der Waals surface area (Å²) in [6, 6.07) is 19.0. The van der Waals surface area contributed by atoms with Gasteiger partial charge in [0.05, 0.1) is 25.4 Å². The predicted octanol–water partition coefficient (Wildman–Crippen LogP) is 4.20. The van der Waals surface area contributed by atoms with E-state index in [4.69, 9.17) is 15.2 Å². The van der Waals surface area contributed by atoms with E-state index in [1.165, 1.54) is 0 Å². The molecule has 0 fully saturated rings. The summed E-state index contributed by atoms with van der Waals surface area (Å²) in [6.45, 7) is 4.38. The van der Waals surface area contributed by atoms with Crippen LogP contribution in [0.3, 0.4) is 0 Å². The van der Waals surface area contributed by atoms with E-state index in [0.29, 0.717) is 29.6 Å². The molecule has 0 radical (unpaired) electrons. The maximum absolute atomic E-state index is 9.51. The van der Waals surface area contributed by atoms with Gasteiger partial charge in [-0.15, -0.1) is 0 Å². The monoisotopic (exact) mass is 395 g/mol. The largest absolute Gasteiger partial charge is 0.493 e. The van der Waals surface area contributed by atoms with Gasteiger partial charge in [0.25, 0.3) is 0 Å². The molecule has 29 heavy (non-hydrogen) atoms. The van der Waals surface area contributed by atoms with Crippen LogP contribution in [-0.4, -0.2) is 30.0 Å². The number of aliphatic hydroxyl groups is 2. The Bertz CT molecular complexity index is 951. The SMILES string of the molecule is CC(C)CCOc1cccc(Oc2ccc3cc(C(N)(CO)CO)ccc3c2)c1. The van der Waals surface area contributed by atoms with E-state index in [1.807, 2.05) is 60.7 Å². The molecule has 0 aromatic heterocycles. The number of rotatable bonds is 9. The van der Waals surface area contributed by atoms with Crippen LogP contribution < -0.4 is 15.2 Å². The molecule has 3 aromatic carbocycles. The van der Waals surface area contributed by atoms with Crippen LogP contribution in [0, 0.1) is 5.92 Å². The predicted molar refractivity (Wildman–Crippen MR) is 115 cm³/mol. The molecule has 0 unspecified atom stereocenters. The highest BCUT2D eigenvalue weighted by Crippen LogP contribution is 2.30. The summed E-state index contributed by atoms with van der Waals surface area (Å²) in [6.07, 6.45) is 1.01. The summed E-state index contributed by atoms with van der Waals surface area (Å²) in [5, 5.41) is 21.0. The fourth-order valence-electron chi connectivity index (χ4n) is 3.01. The molecule has 0 spiro atoms. The second kappa shape index (κ2) is 9.27. The second-order valence-electron chi connectivity index (χ2n) is 7.80. The van der Waals surface area contributed by atoms with Gasteiger partial charge in [0.15, 0.2) is 0 Å². The van der Waals surface area contributed by atoms with Gasteiger partial charge in [-0.2, -0.15) is 0 Å². The van der Waals surface area contributed by atoms with Crippen molar-refractivity contribution in [2.24, 2.45) is 11.7 Å². The van der Waals surface area contributed by atoms with Gasteiger partial charge >= 0.3 is 0 Å². The first-order valence-corrected chi connectivity index (χ1v) is 9.89. The van der Waals surface area contributed by atoms with Crippen LogP contribution in [-0.2, 0) is 5.54 Å². The lowest BCUT2D eigenvalue weighted by molar-refractivity contribution is 0.121. The number of fused-ring (bicyclic) bond motifs is 1. The lowest BCUT2D eigenvalue weighted by Gasteiger charge is -2.25. The number of aliphatic hydroxyl groups excluding tert-OH is 2. The van der Waals surface area contributed by atoms with Crippen molar-refractivity contribution in [3.8, 4) is 17.2 Å². The Morgan fingerprint density at radius 1 is 0.862 bits per heavy atom. The molecule has 154 valence electrons. The van der Waals surface area contributed by atoms with Crippen LogP contribution in [0.15, 0.2) is 60.7 Å². The van der Waals surface area contributed by atoms with E-state index >= 15 is 0 Å². The fraction of sp³-hybridized carbons (Fsp3) is 0.333. The number of hydrogen-bond donors (Lipinski definition) is 3. The minimum Gasteiger partial charge on any atom is -0.493 e. The molecule has 0 aliphatic rings. The third-order valence-electron chi connectivity index (χ3n) is 4.96. The first-order chi connectivity index (χ1) is 13.9. The van der Waals surface area contributed by atoms with E-state index < -0.39 is 5.54 Å². The summed E-state index contributed by atoms with van der Waals surface area (Å²) in [5.74, 6) is 2.82. The Kier molecular flexibility index (Phi) is 6.75. The quantitative estimate of drug-likeness (QED) is 0.506. The molecule has 0 saturated carbocycles. The summed E-state index contributed by atoms with van der Waals surface area (Å²) in [5.41, 5.74) is 5.61. The normalized spacial score (nSPS) is 11.8. The van der Waals surface area contributed by atoms with E-state index in [2.05, 4.69) is 13.8 Å². The molecule has 3 aromatic rings. The van der Waals surface area contributed by atoms with Crippen molar-refractivity contribution in [1.82, 2.24) is 0 Å². The molecule has 0 aliphatic heterocycles. The van der Waals surface area contributed by atoms with Gasteiger partial charge in [-0.1, -0.05) is 38.1 Å². The third-order valence-corrected chi connectivity index (χ3v) is 4.96. The molecule has 3 rings (SSSR count). The van der Waals surface area contributed by atoms with Crippen LogP contribution in [0.1, 0.15) is 25.8 Å². The highest BCUT2D eigenvalue weighted by molar-refractivity contribution is 5.84. The zero-order valence-electron chi connectivity index (χ0n) is 17.0. The molecule has 0 atom stereocenters. The maximum atomic E-state index is 9.51. The summed E-state index contributed by atoms with van der Waals surface area (Å²) in [4.78, 5) is 0. The first kappa shape index (κ1) is 21.1. The van der Waals surface area contributed by atoms with Crippen LogP contribution in [0.5, 0.6) is 17.2 Å². The molecule has 0 heterocycles. The van der Waals surface area contributed by atoms with Gasteiger partial charge < -0.3 is 25.4 Å². The van der Waals surface area contributed by atoms with Crippen LogP contribution in [0.2, 0.25) is 0 Å². The number of ether oxygens (including phenoxy) is 2. The van der Waals surface area contributed by atoms with E-state index in [0.717, 1.165) is 22.9 Å². The molecule has 0 saturated heterocycles. The van der Waals surface area contributed by atoms with Crippen molar-refractivity contribution >= 4 is 10.8 Å². The number of benzene rings is 3. The number of hydrogen-bond acceptors (Lipinski definition) is 5. The van der Waals surface area contributed by atoms with Gasteiger partial charge in [-0.05, 0) is 59.0 Å². The van der Waals surface area contributed by atoms with Crippen molar-refractivity contribution in [1.29, 1.82) is 0 Å². The van der Waals surface area contributed by atoms with Gasteiger partial charge in [-0.3, -0.25) is 0 Å². The molecule has 0 amide bonds. The molecular formula is C24H29NO4. The van der Waals surface area contributed by atoms with E-state index in [-0.39, 0.29) is 13.2 Å². The van der Waals surface area contributed by atoms with Crippen LogP contribution >= 0.6 is 0 Å². The molecule has 4 N–H and O–H groups in total. The Hall–Kier alpha value is -2.60. The van der Waals surface area contributed by atoms with E-state index in [9.17, 15) is 10.2 Å². The minimum absolute atomic E-state index is 0.328. The Morgan fingerprint density at radius 3 is 2.24 bits per heavy atom. The Labute approximate surface area is 171 Å². The summed E-state index contributed by atoms with van der Waals surface area (Å²) < 4.78 is 11.8. The Balaban J connectivity index is 1.76. The van der Waals surface area contributed by atoms with Crippen molar-refractivity contribution < 1.29 is 19.7 Å². The smallest absolute Gasteiger partial charge is 0.131 e. The van der Waals surface area contributed by atoms with E-state index in [1.54, 1.807) is 0 Å². The van der Waals surface area contributed by atoms with Gasteiger partial charge in [0.1, 0.15) is 17.2 Å². The lowest BCUT2D eigenvalue weighted by atomic mass is 9.91. The highest BCUT2D eigenvalue weighted by atomic mass is 16.5. The maximum Gasteiger partial charge on any atom is 0.131 e. The standard InChI is InChI=1S/C24H29NO4/c1-17(2)10-11-28-21-4-3-5-22(14-21)29-23-9-7-18-12-20(8-6-19(18)13-23)24(25,15-26)16-27/h3-9,12-14,17,26-27H,10-11,15-16,25H2,1-2H3. The summed E-state index contributed by atoms with van der Waals surface area (Å²) >= 11 is 0. The van der Waals surface area contributed by atoms with Crippen LogP contribution in [0.4, 0.5) is 0 Å². The molecule has 5 nitrogen and oxygen atoms in total. The summed E-state index contributed by atoms with van der Waals surface area (Å²) in [7, 11) is 0. The molecule has 5 heteroatoms. The minimum atomic E-state index is -1.15. The van der Waals surface area contributed by atoms with Crippen LogP contribution in [0.25, 0.3) is 10.8 Å². The average Bonchev–Trinajstić information content (AvgIpc) is 2.73. The first-order valence-electron chi connectivity index (χ1n) is 9.89. The fourth-order valence-corrected chi connectivity index (χ4v) is 3.01. The number of nitrogens with two attached hydrogens (primary N) is 1. The Morgan fingerprint density at radius 2 is 1.52 bits per heavy atom. The van der Waals surface area contributed by atoms with Crippen molar-refractivity contribution in [2.45, 2.75) is 25.8 Å².